The molecule has 0 bridgehead atoms. The Morgan fingerprint density at radius 3 is 2.68 bits per heavy atom. The van der Waals surface area contributed by atoms with Crippen LogP contribution in [0.1, 0.15) is 30.5 Å². The predicted molar refractivity (Wildman–Crippen MR) is 71.0 cm³/mol. The van der Waals surface area contributed by atoms with Gasteiger partial charge in [-0.25, -0.2) is 0 Å². The molecule has 0 aromatic heterocycles. The van der Waals surface area contributed by atoms with Crippen molar-refractivity contribution in [3.05, 3.63) is 22.2 Å². The molecule has 1 aliphatic heterocycles. The summed E-state index contributed by atoms with van der Waals surface area (Å²) >= 11 is 6.14. The van der Waals surface area contributed by atoms with Crippen molar-refractivity contribution in [3.63, 3.8) is 0 Å². The molecule has 1 atom stereocenters. The average Bonchev–Trinajstić information content (AvgIpc) is 2.63. The van der Waals surface area contributed by atoms with Crippen LogP contribution in [0.2, 0.25) is 5.02 Å². The fraction of sp³-hybridized carbons (Fsp3) is 0.462. The predicted octanol–water partition coefficient (Wildman–Crippen LogP) is 2.15. The molecule has 0 saturated heterocycles. The minimum Gasteiger partial charge on any atom is -0.489 e. The Bertz CT molecular complexity index is 504. The number of carboxylic acids is 1. The van der Waals surface area contributed by atoms with Crippen LogP contribution in [0.15, 0.2) is 6.07 Å². The van der Waals surface area contributed by atoms with Crippen LogP contribution in [-0.4, -0.2) is 24.3 Å². The van der Waals surface area contributed by atoms with Crippen molar-refractivity contribution in [2.75, 3.05) is 13.2 Å². The molecule has 6 heteroatoms. The summed E-state index contributed by atoms with van der Waals surface area (Å²) in [6, 6.07) is 0.441. The maximum atomic E-state index is 11.1. The van der Waals surface area contributed by atoms with Gasteiger partial charge in [-0.1, -0.05) is 18.5 Å². The molecule has 0 saturated carbocycles. The van der Waals surface area contributed by atoms with Gasteiger partial charge in [0.05, 0.1) is 18.2 Å². The zero-order chi connectivity index (χ0) is 14.0. The van der Waals surface area contributed by atoms with Crippen molar-refractivity contribution in [1.29, 1.82) is 0 Å². The third kappa shape index (κ3) is 2.62. The molecule has 2 rings (SSSR count). The number of carbonyl (C=O) groups is 1. The lowest BCUT2D eigenvalue weighted by molar-refractivity contribution is -0.138. The van der Waals surface area contributed by atoms with E-state index in [9.17, 15) is 4.79 Å². The smallest absolute Gasteiger partial charge is 0.325 e. The number of ether oxygens (including phenoxy) is 2. The second kappa shape index (κ2) is 5.67. The second-order valence-electron chi connectivity index (χ2n) is 4.30. The molecule has 104 valence electrons. The number of halogens is 1. The van der Waals surface area contributed by atoms with Crippen LogP contribution >= 0.6 is 11.6 Å². The maximum Gasteiger partial charge on any atom is 0.325 e. The highest BCUT2D eigenvalue weighted by Gasteiger charge is 2.26. The Kier molecular flexibility index (Phi) is 4.17. The van der Waals surface area contributed by atoms with Crippen molar-refractivity contribution in [2.45, 2.75) is 25.8 Å². The normalized spacial score (nSPS) is 15.7. The minimum atomic E-state index is -1.12. The molecule has 3 N–H and O–H groups in total. The lowest BCUT2D eigenvalue weighted by atomic mass is 9.97. The van der Waals surface area contributed by atoms with Gasteiger partial charge in [-0.3, -0.25) is 4.79 Å². The number of benzene rings is 1. The highest BCUT2D eigenvalue weighted by Crippen LogP contribution is 2.43. The van der Waals surface area contributed by atoms with Crippen molar-refractivity contribution >= 4 is 17.6 Å². The van der Waals surface area contributed by atoms with Crippen LogP contribution in [0, 0.1) is 0 Å². The van der Waals surface area contributed by atoms with Crippen LogP contribution in [0.5, 0.6) is 11.5 Å². The highest BCUT2D eigenvalue weighted by atomic mass is 35.5. The Morgan fingerprint density at radius 2 is 2.11 bits per heavy atom. The molecular formula is C13H16ClNO4. The topological polar surface area (TPSA) is 81.8 Å². The zero-order valence-corrected chi connectivity index (χ0v) is 11.4. The molecule has 0 aliphatic carbocycles. The second-order valence-corrected chi connectivity index (χ2v) is 4.71. The van der Waals surface area contributed by atoms with Crippen LogP contribution in [0.25, 0.3) is 0 Å². The Morgan fingerprint density at radius 1 is 1.47 bits per heavy atom. The SMILES string of the molecule is CCc1c(C(N)C(=O)O)cc(Cl)c2c1OCCCO2. The Balaban J connectivity index is 2.60. The minimum absolute atomic E-state index is 0.334. The third-order valence-electron chi connectivity index (χ3n) is 3.06. The molecule has 0 spiro atoms. The van der Waals surface area contributed by atoms with E-state index in [0.29, 0.717) is 41.7 Å². The molecule has 1 unspecified atom stereocenters. The summed E-state index contributed by atoms with van der Waals surface area (Å²) in [7, 11) is 0. The van der Waals surface area contributed by atoms with E-state index in [1.165, 1.54) is 0 Å². The van der Waals surface area contributed by atoms with Crippen LogP contribution in [0.3, 0.4) is 0 Å². The van der Waals surface area contributed by atoms with Gasteiger partial charge in [0.2, 0.25) is 0 Å². The fourth-order valence-corrected chi connectivity index (χ4v) is 2.39. The van der Waals surface area contributed by atoms with Gasteiger partial charge in [0.15, 0.2) is 11.5 Å². The number of aliphatic carboxylic acids is 1. The molecule has 0 amide bonds. The van der Waals surface area contributed by atoms with E-state index >= 15 is 0 Å². The Labute approximate surface area is 116 Å². The average molecular weight is 286 g/mol. The lowest BCUT2D eigenvalue weighted by Crippen LogP contribution is -2.22. The lowest BCUT2D eigenvalue weighted by Gasteiger charge is -2.19. The fourth-order valence-electron chi connectivity index (χ4n) is 2.14. The number of fused-ring (bicyclic) bond motifs is 1. The molecule has 5 nitrogen and oxygen atoms in total. The summed E-state index contributed by atoms with van der Waals surface area (Å²) < 4.78 is 11.2. The van der Waals surface area contributed by atoms with Gasteiger partial charge in [-0.2, -0.15) is 0 Å². The van der Waals surface area contributed by atoms with E-state index in [1.807, 2.05) is 6.92 Å². The van der Waals surface area contributed by atoms with E-state index in [1.54, 1.807) is 6.07 Å². The highest BCUT2D eigenvalue weighted by molar-refractivity contribution is 6.32. The summed E-state index contributed by atoms with van der Waals surface area (Å²) in [6.07, 6.45) is 1.35. The van der Waals surface area contributed by atoms with Crippen LogP contribution in [-0.2, 0) is 11.2 Å². The summed E-state index contributed by atoms with van der Waals surface area (Å²) in [5.74, 6) is -0.0863. The first-order chi connectivity index (χ1) is 9.06. The van der Waals surface area contributed by atoms with Gasteiger partial charge in [-0.15, -0.1) is 0 Å². The first kappa shape index (κ1) is 14.0. The number of carboxylic acid groups (broad SMARTS) is 1. The van der Waals surface area contributed by atoms with Crippen LogP contribution in [0.4, 0.5) is 0 Å². The van der Waals surface area contributed by atoms with Crippen molar-refractivity contribution in [2.24, 2.45) is 5.73 Å². The molecular weight excluding hydrogens is 270 g/mol. The molecule has 1 aromatic carbocycles. The first-order valence-corrected chi connectivity index (χ1v) is 6.53. The summed E-state index contributed by atoms with van der Waals surface area (Å²) in [5.41, 5.74) is 6.92. The van der Waals surface area contributed by atoms with Gasteiger partial charge < -0.3 is 20.3 Å². The van der Waals surface area contributed by atoms with E-state index in [2.05, 4.69) is 0 Å². The molecule has 1 aliphatic rings. The standard InChI is InChI=1S/C13H16ClNO4/c1-2-7-8(10(15)13(16)17)6-9(14)12-11(7)18-4-3-5-19-12/h6,10H,2-5,15H2,1H3,(H,16,17). The molecule has 1 aromatic rings. The molecule has 19 heavy (non-hydrogen) atoms. The summed E-state index contributed by atoms with van der Waals surface area (Å²) in [5, 5.41) is 9.40. The Hall–Kier alpha value is -1.46. The van der Waals surface area contributed by atoms with Crippen molar-refractivity contribution in [1.82, 2.24) is 0 Å². The summed E-state index contributed by atoms with van der Waals surface area (Å²) in [4.78, 5) is 11.1. The summed E-state index contributed by atoms with van der Waals surface area (Å²) in [6.45, 7) is 2.96. The van der Waals surface area contributed by atoms with Gasteiger partial charge in [0, 0.05) is 12.0 Å². The number of rotatable bonds is 3. The number of nitrogens with two attached hydrogens (primary N) is 1. The van der Waals surface area contributed by atoms with E-state index < -0.39 is 12.0 Å². The van der Waals surface area contributed by atoms with Gasteiger partial charge in [0.1, 0.15) is 6.04 Å². The van der Waals surface area contributed by atoms with E-state index in [0.717, 1.165) is 12.0 Å². The number of hydrogen-bond donors (Lipinski definition) is 2. The van der Waals surface area contributed by atoms with E-state index in [-0.39, 0.29) is 0 Å². The van der Waals surface area contributed by atoms with Gasteiger partial charge >= 0.3 is 5.97 Å². The van der Waals surface area contributed by atoms with Crippen LogP contribution < -0.4 is 15.2 Å². The first-order valence-electron chi connectivity index (χ1n) is 6.15. The van der Waals surface area contributed by atoms with Crippen molar-refractivity contribution < 1.29 is 19.4 Å². The molecule has 0 radical (unpaired) electrons. The molecule has 0 fully saturated rings. The molecule has 1 heterocycles. The van der Waals surface area contributed by atoms with Gasteiger partial charge in [-0.05, 0) is 18.1 Å². The van der Waals surface area contributed by atoms with Gasteiger partial charge in [0.25, 0.3) is 0 Å². The van der Waals surface area contributed by atoms with E-state index in [4.69, 9.17) is 31.9 Å². The maximum absolute atomic E-state index is 11.1. The third-order valence-corrected chi connectivity index (χ3v) is 3.34. The van der Waals surface area contributed by atoms with Crippen molar-refractivity contribution in [3.8, 4) is 11.5 Å². The zero-order valence-electron chi connectivity index (χ0n) is 10.6. The quantitative estimate of drug-likeness (QED) is 0.889. The monoisotopic (exact) mass is 285 g/mol. The largest absolute Gasteiger partial charge is 0.489 e. The number of hydrogen-bond acceptors (Lipinski definition) is 4.